The fourth-order valence-corrected chi connectivity index (χ4v) is 7.06. The van der Waals surface area contributed by atoms with Gasteiger partial charge in [-0.3, -0.25) is 14.5 Å². The van der Waals surface area contributed by atoms with Gasteiger partial charge in [-0.05, 0) is 42.0 Å². The van der Waals surface area contributed by atoms with E-state index < -0.39 is 53.1 Å². The number of amides is 5. The van der Waals surface area contributed by atoms with Crippen LogP contribution < -0.4 is 21.7 Å². The van der Waals surface area contributed by atoms with Crippen molar-refractivity contribution in [2.75, 3.05) is 25.4 Å². The first kappa shape index (κ1) is 31.6. The van der Waals surface area contributed by atoms with Crippen LogP contribution in [-0.4, -0.2) is 103 Å². The third-order valence-electron chi connectivity index (χ3n) is 6.51. The quantitative estimate of drug-likeness (QED) is 0.0877. The van der Waals surface area contributed by atoms with Gasteiger partial charge in [0.15, 0.2) is 0 Å². The number of urea groups is 1. The summed E-state index contributed by atoms with van der Waals surface area (Å²) in [5.74, 6) is -2.30. The lowest BCUT2D eigenvalue weighted by Crippen LogP contribution is -2.71. The predicted octanol–water partition coefficient (Wildman–Crippen LogP) is 0.207. The van der Waals surface area contributed by atoms with Crippen LogP contribution in [0.15, 0.2) is 46.8 Å². The second-order valence-electron chi connectivity index (χ2n) is 9.45. The van der Waals surface area contributed by atoms with Gasteiger partial charge in [0.1, 0.15) is 23.7 Å². The van der Waals surface area contributed by atoms with Crippen LogP contribution in [0.25, 0.3) is 0 Å². The second-order valence-corrected chi connectivity index (χ2v) is 11.7. The van der Waals surface area contributed by atoms with E-state index >= 15 is 0 Å². The first-order valence-corrected chi connectivity index (χ1v) is 15.3. The summed E-state index contributed by atoms with van der Waals surface area (Å²) in [5, 5.41) is 30.2. The lowest BCUT2D eigenvalue weighted by Gasteiger charge is -2.50. The highest BCUT2D eigenvalue weighted by atomic mass is 32.2. The van der Waals surface area contributed by atoms with Crippen LogP contribution >= 0.6 is 23.5 Å². The number of aromatic amines is 1. The highest BCUT2D eigenvalue weighted by Gasteiger charge is 2.54. The number of primary amides is 1. The standard InChI is InChI=1S/C25H31N9O7S2/c26-23(39)27-10-9-16(43-24-30-32-33-31-24)15-13-42-21-18(20(36)34(21)19(15)22(37)38)29-17(35)12-28-25(40)41-11-5-4-8-14-6-2-1-3-7-14/h1-3,6-7,16,18,21H,4-5,8-13H2,(H,28,40)(H,29,35)(H,37,38)(H3,26,27,39)(H,30,31,32,33)/t16?,18?,21-/m0/s1. The highest BCUT2D eigenvalue weighted by molar-refractivity contribution is 8.01. The van der Waals surface area contributed by atoms with Crippen molar-refractivity contribution in [1.82, 2.24) is 41.5 Å². The smallest absolute Gasteiger partial charge is 0.407 e. The van der Waals surface area contributed by atoms with E-state index in [2.05, 4.69) is 36.6 Å². The molecule has 2 aliphatic rings. The molecule has 3 atom stereocenters. The predicted molar refractivity (Wildman–Crippen MR) is 154 cm³/mol. The normalized spacial score (nSPS) is 18.2. The number of carboxylic acid groups (broad SMARTS) is 1. The molecule has 1 aromatic carbocycles. The van der Waals surface area contributed by atoms with Gasteiger partial charge in [0.25, 0.3) is 5.91 Å². The van der Waals surface area contributed by atoms with Crippen LogP contribution in [-0.2, 0) is 25.5 Å². The number of carbonyl (C=O) groups excluding carboxylic acids is 4. The van der Waals surface area contributed by atoms with Gasteiger partial charge in [0.05, 0.1) is 6.61 Å². The molecule has 2 unspecified atom stereocenters. The van der Waals surface area contributed by atoms with Crippen molar-refractivity contribution in [3.63, 3.8) is 0 Å². The number of rotatable bonds is 15. The summed E-state index contributed by atoms with van der Waals surface area (Å²) < 4.78 is 5.11. The van der Waals surface area contributed by atoms with Crippen molar-refractivity contribution in [3.05, 3.63) is 47.2 Å². The van der Waals surface area contributed by atoms with Crippen molar-refractivity contribution in [3.8, 4) is 0 Å². The fourth-order valence-electron chi connectivity index (χ4n) is 4.52. The average molecular weight is 634 g/mol. The van der Waals surface area contributed by atoms with E-state index in [4.69, 9.17) is 10.5 Å². The molecule has 0 saturated carbocycles. The number of β-lactam (4-membered cyclic amide) rings is 1. The summed E-state index contributed by atoms with van der Waals surface area (Å²) in [6, 6.07) is 8.24. The molecule has 2 aliphatic heterocycles. The van der Waals surface area contributed by atoms with Gasteiger partial charge in [0, 0.05) is 17.5 Å². The number of nitrogens with zero attached hydrogens (tertiary/aromatic N) is 4. The molecular weight excluding hydrogens is 602 g/mol. The molecule has 1 fully saturated rings. The van der Waals surface area contributed by atoms with Gasteiger partial charge in [-0.1, -0.05) is 42.1 Å². The number of H-pyrrole nitrogens is 1. The van der Waals surface area contributed by atoms with Crippen LogP contribution in [0.2, 0.25) is 0 Å². The number of tetrazole rings is 1. The third kappa shape index (κ3) is 8.60. The Kier molecular flexibility index (Phi) is 11.2. The number of carbonyl (C=O) groups is 5. The molecule has 18 heteroatoms. The first-order chi connectivity index (χ1) is 20.7. The molecule has 2 aromatic rings. The monoisotopic (exact) mass is 633 g/mol. The molecule has 0 aliphatic carbocycles. The SMILES string of the molecule is NC(=O)NCCC(Sc1nn[nH]n1)C1=C(C(=O)O)N2C(=O)C(NC(=O)CNC(=O)OCCCCc3ccccc3)[C@@H]2SC1. The number of benzene rings is 1. The summed E-state index contributed by atoms with van der Waals surface area (Å²) >= 11 is 2.41. The number of hydrogen-bond acceptors (Lipinski definition) is 11. The number of thioether (sulfide) groups is 2. The number of nitrogens with two attached hydrogens (primary N) is 1. The van der Waals surface area contributed by atoms with Gasteiger partial charge in [-0.2, -0.15) is 5.21 Å². The summed E-state index contributed by atoms with van der Waals surface area (Å²) in [7, 11) is 0. The lowest BCUT2D eigenvalue weighted by atomic mass is 10.0. The van der Waals surface area contributed by atoms with E-state index in [0.717, 1.165) is 29.5 Å². The van der Waals surface area contributed by atoms with E-state index in [9.17, 15) is 29.1 Å². The molecule has 4 rings (SSSR count). The average Bonchev–Trinajstić information content (AvgIpc) is 3.51. The number of aromatic nitrogens is 4. The van der Waals surface area contributed by atoms with Crippen LogP contribution in [0.3, 0.4) is 0 Å². The lowest BCUT2D eigenvalue weighted by molar-refractivity contribution is -0.150. The number of carboxylic acids is 1. The zero-order valence-electron chi connectivity index (χ0n) is 22.9. The van der Waals surface area contributed by atoms with Crippen LogP contribution in [0, 0.1) is 0 Å². The van der Waals surface area contributed by atoms with Gasteiger partial charge >= 0.3 is 18.1 Å². The summed E-state index contributed by atoms with van der Waals surface area (Å²) in [4.78, 5) is 62.1. The highest BCUT2D eigenvalue weighted by Crippen LogP contribution is 2.44. The van der Waals surface area contributed by atoms with E-state index in [1.807, 2.05) is 30.3 Å². The molecule has 0 radical (unpaired) electrons. The second kappa shape index (κ2) is 15.2. The Labute approximate surface area is 254 Å². The summed E-state index contributed by atoms with van der Waals surface area (Å²) in [5.41, 5.74) is 6.59. The third-order valence-corrected chi connectivity index (χ3v) is 9.00. The molecule has 16 nitrogen and oxygen atoms in total. The number of fused-ring (bicyclic) bond motifs is 1. The van der Waals surface area contributed by atoms with Crippen molar-refractivity contribution in [2.45, 2.75) is 47.5 Å². The largest absolute Gasteiger partial charge is 0.477 e. The van der Waals surface area contributed by atoms with E-state index in [1.54, 1.807) is 0 Å². The van der Waals surface area contributed by atoms with E-state index in [-0.39, 0.29) is 36.2 Å². The minimum absolute atomic E-state index is 0.144. The zero-order valence-corrected chi connectivity index (χ0v) is 24.5. The Morgan fingerprint density at radius 3 is 2.70 bits per heavy atom. The Balaban J connectivity index is 1.28. The number of nitrogens with one attached hydrogen (secondary N) is 4. The molecule has 7 N–H and O–H groups in total. The van der Waals surface area contributed by atoms with Crippen molar-refractivity contribution in [1.29, 1.82) is 0 Å². The topological polar surface area (TPSA) is 235 Å². The minimum atomic E-state index is -1.31. The number of aliphatic carboxylic acids is 1. The molecule has 43 heavy (non-hydrogen) atoms. The van der Waals surface area contributed by atoms with Crippen molar-refractivity contribution < 1.29 is 33.8 Å². The molecule has 0 spiro atoms. The number of aryl methyl sites for hydroxylation is 1. The Morgan fingerprint density at radius 2 is 2.00 bits per heavy atom. The van der Waals surface area contributed by atoms with Crippen LogP contribution in [0.4, 0.5) is 9.59 Å². The maximum Gasteiger partial charge on any atom is 0.407 e. The molecular formula is C25H31N9O7S2. The van der Waals surface area contributed by atoms with Crippen LogP contribution in [0.5, 0.6) is 0 Å². The van der Waals surface area contributed by atoms with E-state index in [0.29, 0.717) is 12.0 Å². The molecule has 5 amide bonds. The zero-order chi connectivity index (χ0) is 30.8. The fraction of sp³-hybridized carbons (Fsp3) is 0.440. The Hall–Kier alpha value is -4.32. The number of unbranched alkanes of at least 4 members (excludes halogenated alkanes) is 1. The van der Waals surface area contributed by atoms with Gasteiger partial charge < -0.3 is 31.5 Å². The molecule has 0 bridgehead atoms. The number of hydrogen-bond donors (Lipinski definition) is 6. The number of alkyl carbamates (subject to hydrolysis) is 1. The van der Waals surface area contributed by atoms with Gasteiger partial charge in [-0.25, -0.2) is 14.4 Å². The maximum absolute atomic E-state index is 13.0. The molecule has 230 valence electrons. The molecule has 1 aromatic heterocycles. The van der Waals surface area contributed by atoms with Gasteiger partial charge in [0.2, 0.25) is 11.1 Å². The van der Waals surface area contributed by atoms with E-state index in [1.165, 1.54) is 17.3 Å². The van der Waals surface area contributed by atoms with Crippen molar-refractivity contribution in [2.24, 2.45) is 5.73 Å². The Bertz CT molecular complexity index is 1340. The number of ether oxygens (including phenoxy) is 1. The maximum atomic E-state index is 13.0. The van der Waals surface area contributed by atoms with Gasteiger partial charge in [-0.15, -0.1) is 22.0 Å². The summed E-state index contributed by atoms with van der Waals surface area (Å²) in [6.45, 7) is -0.0649. The first-order valence-electron chi connectivity index (χ1n) is 13.3. The molecule has 1 saturated heterocycles. The Morgan fingerprint density at radius 1 is 1.21 bits per heavy atom. The minimum Gasteiger partial charge on any atom is -0.477 e. The van der Waals surface area contributed by atoms with Crippen LogP contribution in [0.1, 0.15) is 24.8 Å². The summed E-state index contributed by atoms with van der Waals surface area (Å²) in [6.07, 6.45) is 1.89. The van der Waals surface area contributed by atoms with Crippen molar-refractivity contribution >= 4 is 53.4 Å². The molecule has 3 heterocycles.